The molecule has 1 unspecified atom stereocenters. The molecule has 0 aliphatic heterocycles. The summed E-state index contributed by atoms with van der Waals surface area (Å²) in [7, 11) is 0. The summed E-state index contributed by atoms with van der Waals surface area (Å²) < 4.78 is 36.8. The van der Waals surface area contributed by atoms with Crippen molar-refractivity contribution < 1.29 is 13.2 Å². The third kappa shape index (κ3) is 3.25. The summed E-state index contributed by atoms with van der Waals surface area (Å²) in [6.45, 7) is 1.82. The largest absolute Gasteiger partial charge is 0.416 e. The number of nitrogens with two attached hydrogens (primary N) is 1. The number of amidine groups is 1. The van der Waals surface area contributed by atoms with Crippen molar-refractivity contribution in [3.63, 3.8) is 0 Å². The smallest absolute Gasteiger partial charge is 0.388 e. The van der Waals surface area contributed by atoms with Crippen molar-refractivity contribution in [2.24, 2.45) is 5.73 Å². The van der Waals surface area contributed by atoms with Crippen molar-refractivity contribution in [3.05, 3.63) is 35.4 Å². The van der Waals surface area contributed by atoms with Crippen molar-refractivity contribution in [1.29, 1.82) is 5.41 Å². The zero-order valence-electron chi connectivity index (χ0n) is 8.81. The van der Waals surface area contributed by atoms with E-state index in [4.69, 9.17) is 11.1 Å². The Balaban J connectivity index is 2.83. The van der Waals surface area contributed by atoms with Gasteiger partial charge in [0.1, 0.15) is 0 Å². The average molecular weight is 230 g/mol. The van der Waals surface area contributed by atoms with Crippen LogP contribution in [0.25, 0.3) is 0 Å². The lowest BCUT2D eigenvalue weighted by molar-refractivity contribution is -0.137. The predicted molar refractivity (Wildman–Crippen MR) is 56.4 cm³/mol. The van der Waals surface area contributed by atoms with Crippen molar-refractivity contribution >= 4 is 5.84 Å². The average Bonchev–Trinajstić information content (AvgIpc) is 2.15. The fourth-order valence-electron chi connectivity index (χ4n) is 1.45. The van der Waals surface area contributed by atoms with E-state index in [1.165, 1.54) is 12.1 Å². The summed E-state index contributed by atoms with van der Waals surface area (Å²) in [6, 6.07) is 4.95. The third-order valence-corrected chi connectivity index (χ3v) is 2.33. The van der Waals surface area contributed by atoms with E-state index in [9.17, 15) is 13.2 Å². The molecule has 0 aliphatic carbocycles. The number of nitrogens with one attached hydrogen (secondary N) is 1. The van der Waals surface area contributed by atoms with Gasteiger partial charge in [0.2, 0.25) is 0 Å². The maximum atomic E-state index is 12.3. The van der Waals surface area contributed by atoms with Crippen molar-refractivity contribution in [2.45, 2.75) is 25.4 Å². The SMILES string of the molecule is CC(CC(=N)N)c1ccc(C(F)(F)F)cc1. The first-order valence-corrected chi connectivity index (χ1v) is 4.80. The number of alkyl halides is 3. The molecule has 0 bridgehead atoms. The Morgan fingerprint density at radius 2 is 1.81 bits per heavy atom. The van der Waals surface area contributed by atoms with Crippen LogP contribution in [0.1, 0.15) is 30.4 Å². The molecular weight excluding hydrogens is 217 g/mol. The summed E-state index contributed by atoms with van der Waals surface area (Å²) in [5.74, 6) is -0.00724. The molecule has 0 aliphatic rings. The predicted octanol–water partition coefficient (Wildman–Crippen LogP) is 3.13. The zero-order chi connectivity index (χ0) is 12.3. The topological polar surface area (TPSA) is 49.9 Å². The van der Waals surface area contributed by atoms with Gasteiger partial charge in [-0.25, -0.2) is 0 Å². The molecule has 0 saturated heterocycles. The van der Waals surface area contributed by atoms with Crippen LogP contribution in [0.15, 0.2) is 24.3 Å². The quantitative estimate of drug-likeness (QED) is 0.608. The molecular formula is C11H13F3N2. The highest BCUT2D eigenvalue weighted by atomic mass is 19.4. The monoisotopic (exact) mass is 230 g/mol. The van der Waals surface area contributed by atoms with Gasteiger partial charge in [-0.1, -0.05) is 19.1 Å². The summed E-state index contributed by atoms with van der Waals surface area (Å²) in [6.07, 6.45) is -3.95. The lowest BCUT2D eigenvalue weighted by Gasteiger charge is -2.12. The molecule has 0 amide bonds. The number of halogens is 3. The minimum atomic E-state index is -4.30. The molecule has 0 fully saturated rings. The highest BCUT2D eigenvalue weighted by Crippen LogP contribution is 2.30. The van der Waals surface area contributed by atoms with Crippen LogP contribution in [0, 0.1) is 5.41 Å². The number of rotatable bonds is 3. The lowest BCUT2D eigenvalue weighted by atomic mass is 9.96. The van der Waals surface area contributed by atoms with Crippen LogP contribution in [-0.2, 0) is 6.18 Å². The summed E-state index contributed by atoms with van der Waals surface area (Å²) in [5, 5.41) is 7.11. The van der Waals surface area contributed by atoms with E-state index in [0.29, 0.717) is 6.42 Å². The first-order chi connectivity index (χ1) is 7.30. The van der Waals surface area contributed by atoms with Gasteiger partial charge < -0.3 is 5.73 Å². The molecule has 1 aromatic carbocycles. The van der Waals surface area contributed by atoms with Crippen LogP contribution < -0.4 is 5.73 Å². The zero-order valence-corrected chi connectivity index (χ0v) is 8.81. The standard InChI is InChI=1S/C11H13F3N2/c1-7(6-10(15)16)8-2-4-9(5-3-8)11(12,13)14/h2-5,7H,6H2,1H3,(H3,15,16). The molecule has 5 heteroatoms. The number of benzene rings is 1. The highest BCUT2D eigenvalue weighted by molar-refractivity contribution is 5.77. The molecule has 0 aromatic heterocycles. The molecule has 3 N–H and O–H groups in total. The molecule has 16 heavy (non-hydrogen) atoms. The minimum absolute atomic E-state index is 0.0346. The van der Waals surface area contributed by atoms with Gasteiger partial charge in [-0.2, -0.15) is 13.2 Å². The van der Waals surface area contributed by atoms with Gasteiger partial charge in [0.05, 0.1) is 11.4 Å². The first-order valence-electron chi connectivity index (χ1n) is 4.80. The van der Waals surface area contributed by atoms with Gasteiger partial charge in [-0.05, 0) is 23.6 Å². The van der Waals surface area contributed by atoms with Crippen LogP contribution in [-0.4, -0.2) is 5.84 Å². The fourth-order valence-corrected chi connectivity index (χ4v) is 1.45. The number of hydrogen-bond acceptors (Lipinski definition) is 1. The third-order valence-electron chi connectivity index (χ3n) is 2.33. The normalized spacial score (nSPS) is 13.5. The molecule has 2 nitrogen and oxygen atoms in total. The Morgan fingerprint density at radius 3 is 2.19 bits per heavy atom. The van der Waals surface area contributed by atoms with E-state index in [0.717, 1.165) is 17.7 Å². The van der Waals surface area contributed by atoms with Gasteiger partial charge in [-0.15, -0.1) is 0 Å². The maximum Gasteiger partial charge on any atom is 0.416 e. The Morgan fingerprint density at radius 1 is 1.31 bits per heavy atom. The molecule has 0 saturated carbocycles. The van der Waals surface area contributed by atoms with Gasteiger partial charge in [0.25, 0.3) is 0 Å². The molecule has 0 radical (unpaired) electrons. The van der Waals surface area contributed by atoms with E-state index < -0.39 is 11.7 Å². The first kappa shape index (κ1) is 12.5. The second-order valence-electron chi connectivity index (χ2n) is 3.75. The van der Waals surface area contributed by atoms with Crippen molar-refractivity contribution in [3.8, 4) is 0 Å². The molecule has 1 rings (SSSR count). The van der Waals surface area contributed by atoms with Crippen LogP contribution in [0.5, 0.6) is 0 Å². The van der Waals surface area contributed by atoms with E-state index >= 15 is 0 Å². The summed E-state index contributed by atoms with van der Waals surface area (Å²) in [5.41, 5.74) is 5.33. The van der Waals surface area contributed by atoms with Crippen LogP contribution in [0.2, 0.25) is 0 Å². The van der Waals surface area contributed by atoms with Gasteiger partial charge in [-0.3, -0.25) is 5.41 Å². The van der Waals surface area contributed by atoms with E-state index in [1.807, 2.05) is 6.92 Å². The van der Waals surface area contributed by atoms with E-state index in [1.54, 1.807) is 0 Å². The Hall–Kier alpha value is -1.52. The molecule has 0 heterocycles. The minimum Gasteiger partial charge on any atom is -0.388 e. The lowest BCUT2D eigenvalue weighted by Crippen LogP contribution is -2.13. The van der Waals surface area contributed by atoms with Gasteiger partial charge >= 0.3 is 6.18 Å². The summed E-state index contributed by atoms with van der Waals surface area (Å²) in [4.78, 5) is 0. The molecule has 1 aromatic rings. The van der Waals surface area contributed by atoms with Gasteiger partial charge in [0, 0.05) is 6.42 Å². The second kappa shape index (κ2) is 4.55. The van der Waals surface area contributed by atoms with Crippen molar-refractivity contribution in [2.75, 3.05) is 0 Å². The Labute approximate surface area is 91.8 Å². The molecule has 0 spiro atoms. The second-order valence-corrected chi connectivity index (χ2v) is 3.75. The fraction of sp³-hybridized carbons (Fsp3) is 0.364. The van der Waals surface area contributed by atoms with Crippen LogP contribution in [0.4, 0.5) is 13.2 Å². The van der Waals surface area contributed by atoms with Crippen LogP contribution >= 0.6 is 0 Å². The Bertz CT molecular complexity index is 368. The molecule has 88 valence electrons. The Kier molecular flexibility index (Phi) is 3.57. The van der Waals surface area contributed by atoms with Crippen LogP contribution in [0.3, 0.4) is 0 Å². The number of hydrogen-bond donors (Lipinski definition) is 2. The molecule has 1 atom stereocenters. The maximum absolute atomic E-state index is 12.3. The van der Waals surface area contributed by atoms with Crippen molar-refractivity contribution in [1.82, 2.24) is 0 Å². The summed E-state index contributed by atoms with van der Waals surface area (Å²) >= 11 is 0. The van der Waals surface area contributed by atoms with E-state index in [-0.39, 0.29) is 11.8 Å². The van der Waals surface area contributed by atoms with Gasteiger partial charge in [0.15, 0.2) is 0 Å². The van der Waals surface area contributed by atoms with E-state index in [2.05, 4.69) is 0 Å². The highest BCUT2D eigenvalue weighted by Gasteiger charge is 2.30.